The highest BCUT2D eigenvalue weighted by Gasteiger charge is 2.29. The highest BCUT2D eigenvalue weighted by molar-refractivity contribution is 7.90. The molecule has 3 heterocycles. The van der Waals surface area contributed by atoms with Crippen LogP contribution in [-0.4, -0.2) is 75.7 Å². The summed E-state index contributed by atoms with van der Waals surface area (Å²) < 4.78 is 39.8. The Hall–Kier alpha value is -2.72. The molecule has 0 N–H and O–H groups in total. The summed E-state index contributed by atoms with van der Waals surface area (Å²) in [4.78, 5) is 20.3. The van der Waals surface area contributed by atoms with Crippen LogP contribution < -0.4 is 19.1 Å². The van der Waals surface area contributed by atoms with Crippen LogP contribution >= 0.6 is 11.6 Å². The van der Waals surface area contributed by atoms with E-state index in [1.54, 1.807) is 17.2 Å². The number of hydrogen-bond donors (Lipinski definition) is 0. The van der Waals surface area contributed by atoms with Gasteiger partial charge in [-0.3, -0.25) is 4.79 Å². The number of aromatic nitrogens is 1. The van der Waals surface area contributed by atoms with Gasteiger partial charge in [0.2, 0.25) is 11.8 Å². The lowest BCUT2D eigenvalue weighted by Crippen LogP contribution is -2.32. The van der Waals surface area contributed by atoms with E-state index in [2.05, 4.69) is 9.88 Å². The first-order valence-electron chi connectivity index (χ1n) is 10.6. The Morgan fingerprint density at radius 2 is 2.12 bits per heavy atom. The van der Waals surface area contributed by atoms with Gasteiger partial charge in [0.25, 0.3) is 0 Å². The van der Waals surface area contributed by atoms with Crippen molar-refractivity contribution in [3.05, 3.63) is 35.5 Å². The van der Waals surface area contributed by atoms with Gasteiger partial charge in [-0.15, -0.1) is 0 Å². The number of benzene rings is 1. The number of hydrogen-bond acceptors (Lipinski definition) is 8. The molecule has 1 atom stereocenters. The number of amides is 1. The quantitative estimate of drug-likeness (QED) is 0.578. The average Bonchev–Trinajstić information content (AvgIpc) is 3.25. The van der Waals surface area contributed by atoms with Crippen LogP contribution in [0, 0.1) is 0 Å². The Labute approximate surface area is 198 Å². The second kappa shape index (κ2) is 9.64. The molecule has 0 radical (unpaired) electrons. The van der Waals surface area contributed by atoms with E-state index in [0.29, 0.717) is 49.3 Å². The molecule has 2 aliphatic heterocycles. The number of fused-ring (bicyclic) bond motifs is 1. The molecule has 9 nitrogen and oxygen atoms in total. The summed E-state index contributed by atoms with van der Waals surface area (Å²) in [5.41, 5.74) is 1.65. The Morgan fingerprint density at radius 1 is 1.30 bits per heavy atom. The molecule has 1 unspecified atom stereocenters. The molecule has 1 saturated heterocycles. The predicted molar refractivity (Wildman–Crippen MR) is 125 cm³/mol. The molecule has 1 fully saturated rings. The molecule has 1 aromatic carbocycles. The molecule has 4 rings (SSSR count). The minimum absolute atomic E-state index is 0.00481. The molecular formula is C22H26ClN3O6S. The highest BCUT2D eigenvalue weighted by atomic mass is 35.5. The van der Waals surface area contributed by atoms with Crippen LogP contribution in [0.2, 0.25) is 5.02 Å². The van der Waals surface area contributed by atoms with Crippen LogP contribution in [0.3, 0.4) is 0 Å². The Kier molecular flexibility index (Phi) is 6.85. The van der Waals surface area contributed by atoms with Crippen molar-refractivity contribution in [2.75, 3.05) is 50.3 Å². The summed E-state index contributed by atoms with van der Waals surface area (Å²) in [6.07, 6.45) is 3.34. The van der Waals surface area contributed by atoms with Gasteiger partial charge in [0.1, 0.15) is 39.1 Å². The number of carbonyl (C=O) groups is 1. The predicted octanol–water partition coefficient (Wildman–Crippen LogP) is 2.69. The first kappa shape index (κ1) is 23.4. The topological polar surface area (TPSA) is 98.3 Å². The van der Waals surface area contributed by atoms with E-state index < -0.39 is 9.84 Å². The number of nitrogens with zero attached hydrogens (tertiary/aromatic N) is 3. The van der Waals surface area contributed by atoms with Gasteiger partial charge in [-0.25, -0.2) is 13.4 Å². The number of ether oxygens (including phenoxy) is 3. The lowest BCUT2D eigenvalue weighted by atomic mass is 10.2. The van der Waals surface area contributed by atoms with Crippen LogP contribution in [0.25, 0.3) is 0 Å². The zero-order chi connectivity index (χ0) is 23.6. The monoisotopic (exact) mass is 495 g/mol. The standard InChI is InChI=1S/C22H26ClN3O6S/c1-30-22-18(23)11-15(13-24-22)26-8-9-31-20-4-3-16(12-19(20)26)32-17-5-7-25(14-17)21(27)6-10-33(2,28)29/h3-4,11-13,17H,5-10,14H2,1-2H3. The van der Waals surface area contributed by atoms with Crippen molar-refractivity contribution in [2.45, 2.75) is 18.9 Å². The molecule has 0 bridgehead atoms. The van der Waals surface area contributed by atoms with E-state index in [4.69, 9.17) is 25.8 Å². The maximum absolute atomic E-state index is 12.3. The van der Waals surface area contributed by atoms with Crippen LogP contribution in [0.15, 0.2) is 30.5 Å². The van der Waals surface area contributed by atoms with E-state index in [-0.39, 0.29) is 24.2 Å². The van der Waals surface area contributed by atoms with Gasteiger partial charge in [0, 0.05) is 31.7 Å². The molecule has 11 heteroatoms. The van der Waals surface area contributed by atoms with Gasteiger partial charge in [0.15, 0.2) is 0 Å². The number of halogens is 1. The fourth-order valence-electron chi connectivity index (χ4n) is 3.93. The van der Waals surface area contributed by atoms with Crippen LogP contribution in [0.1, 0.15) is 12.8 Å². The first-order valence-corrected chi connectivity index (χ1v) is 13.0. The van der Waals surface area contributed by atoms with Gasteiger partial charge in [-0.2, -0.15) is 0 Å². The second-order valence-electron chi connectivity index (χ2n) is 8.06. The number of carbonyl (C=O) groups excluding carboxylic acids is 1. The van der Waals surface area contributed by atoms with E-state index in [0.717, 1.165) is 23.4 Å². The summed E-state index contributed by atoms with van der Waals surface area (Å²) in [6, 6.07) is 7.41. The summed E-state index contributed by atoms with van der Waals surface area (Å²) in [5.74, 6) is 1.44. The molecule has 33 heavy (non-hydrogen) atoms. The fourth-order valence-corrected chi connectivity index (χ4v) is 4.71. The van der Waals surface area contributed by atoms with E-state index in [1.807, 2.05) is 18.2 Å². The van der Waals surface area contributed by atoms with Gasteiger partial charge < -0.3 is 24.0 Å². The molecule has 0 spiro atoms. The van der Waals surface area contributed by atoms with Crippen molar-refractivity contribution in [2.24, 2.45) is 0 Å². The van der Waals surface area contributed by atoms with E-state index in [1.165, 1.54) is 7.11 Å². The smallest absolute Gasteiger partial charge is 0.232 e. The molecular weight excluding hydrogens is 470 g/mol. The van der Waals surface area contributed by atoms with E-state index in [9.17, 15) is 13.2 Å². The number of likely N-dealkylation sites (tertiary alicyclic amines) is 1. The van der Waals surface area contributed by atoms with Crippen molar-refractivity contribution in [1.29, 1.82) is 0 Å². The number of sulfone groups is 1. The van der Waals surface area contributed by atoms with Crippen molar-refractivity contribution in [3.63, 3.8) is 0 Å². The summed E-state index contributed by atoms with van der Waals surface area (Å²) in [6.45, 7) is 2.11. The van der Waals surface area contributed by atoms with E-state index >= 15 is 0 Å². The SMILES string of the molecule is COc1ncc(N2CCOc3ccc(OC4CCN(C(=O)CCS(C)(=O)=O)C4)cc32)cc1Cl. The third kappa shape index (κ3) is 5.62. The van der Waals surface area contributed by atoms with Gasteiger partial charge in [-0.05, 0) is 18.2 Å². The minimum Gasteiger partial charge on any atom is -0.490 e. The number of rotatable bonds is 7. The summed E-state index contributed by atoms with van der Waals surface area (Å²) >= 11 is 6.27. The molecule has 1 aromatic heterocycles. The third-order valence-corrected chi connectivity index (χ3v) is 6.80. The minimum atomic E-state index is -3.17. The maximum atomic E-state index is 12.3. The summed E-state index contributed by atoms with van der Waals surface area (Å²) in [5, 5.41) is 0.419. The number of methoxy groups -OCH3 is 1. The Bertz CT molecular complexity index is 1140. The molecule has 2 aromatic rings. The largest absolute Gasteiger partial charge is 0.490 e. The zero-order valence-electron chi connectivity index (χ0n) is 18.5. The van der Waals surface area contributed by atoms with Crippen molar-refractivity contribution in [3.8, 4) is 17.4 Å². The first-order chi connectivity index (χ1) is 15.7. The third-order valence-electron chi connectivity index (χ3n) is 5.58. The lowest BCUT2D eigenvalue weighted by molar-refractivity contribution is -0.130. The fraction of sp³-hybridized carbons (Fsp3) is 0.455. The normalized spacial score (nSPS) is 18.0. The maximum Gasteiger partial charge on any atom is 0.232 e. The molecule has 0 aliphatic carbocycles. The Balaban J connectivity index is 1.45. The van der Waals surface area contributed by atoms with Crippen LogP contribution in [0.5, 0.6) is 17.4 Å². The Morgan fingerprint density at radius 3 is 2.85 bits per heavy atom. The van der Waals surface area contributed by atoms with Gasteiger partial charge >= 0.3 is 0 Å². The van der Waals surface area contributed by atoms with Crippen LogP contribution in [0.4, 0.5) is 11.4 Å². The van der Waals surface area contributed by atoms with Crippen molar-refractivity contribution in [1.82, 2.24) is 9.88 Å². The van der Waals surface area contributed by atoms with Crippen molar-refractivity contribution >= 4 is 38.7 Å². The summed E-state index contributed by atoms with van der Waals surface area (Å²) in [7, 11) is -1.65. The number of anilines is 2. The van der Waals surface area contributed by atoms with Crippen molar-refractivity contribution < 1.29 is 27.4 Å². The van der Waals surface area contributed by atoms with Gasteiger partial charge in [-0.1, -0.05) is 11.6 Å². The van der Waals surface area contributed by atoms with Gasteiger partial charge in [0.05, 0.1) is 43.5 Å². The molecule has 0 saturated carbocycles. The molecule has 2 aliphatic rings. The number of pyridine rings is 1. The highest BCUT2D eigenvalue weighted by Crippen LogP contribution is 2.40. The average molecular weight is 496 g/mol. The van der Waals surface area contributed by atoms with Crippen LogP contribution in [-0.2, 0) is 14.6 Å². The molecule has 1 amide bonds. The second-order valence-corrected chi connectivity index (χ2v) is 10.7. The zero-order valence-corrected chi connectivity index (χ0v) is 20.1. The lowest BCUT2D eigenvalue weighted by Gasteiger charge is -2.31. The molecule has 178 valence electrons.